The minimum absolute atomic E-state index is 0.104. The molecule has 0 saturated carbocycles. The summed E-state index contributed by atoms with van der Waals surface area (Å²) in [5.74, 6) is -0.759. The number of carbonyl (C=O) groups excluding carboxylic acids is 1. The van der Waals surface area contributed by atoms with E-state index in [2.05, 4.69) is 15.4 Å². The second-order valence-electron chi connectivity index (χ2n) is 7.47. The average Bonchev–Trinajstić information content (AvgIpc) is 3.28. The van der Waals surface area contributed by atoms with Gasteiger partial charge in [0.25, 0.3) is 0 Å². The van der Waals surface area contributed by atoms with E-state index in [1.165, 1.54) is 6.26 Å². The number of carbonyl (C=O) groups is 1. The second-order valence-corrected chi connectivity index (χ2v) is 7.47. The molecule has 1 N–H and O–H groups in total. The lowest BCUT2D eigenvalue weighted by Gasteiger charge is -2.34. The molecule has 0 unspecified atom stereocenters. The highest BCUT2D eigenvalue weighted by atomic mass is 19.4. The van der Waals surface area contributed by atoms with Crippen LogP contribution in [0.1, 0.15) is 11.1 Å². The minimum Gasteiger partial charge on any atom is -0.457 e. The Kier molecular flexibility index (Phi) is 6.50. The molecule has 0 atom stereocenters. The van der Waals surface area contributed by atoms with Crippen LogP contribution in [0, 0.1) is 5.82 Å². The molecule has 1 aliphatic heterocycles. The van der Waals surface area contributed by atoms with E-state index in [0.717, 1.165) is 17.7 Å². The number of aromatic nitrogens is 1. The van der Waals surface area contributed by atoms with Crippen molar-refractivity contribution >= 4 is 11.8 Å². The first-order valence-electron chi connectivity index (χ1n) is 10.1. The molecule has 1 fully saturated rings. The van der Waals surface area contributed by atoms with Gasteiger partial charge in [0.05, 0.1) is 5.56 Å². The van der Waals surface area contributed by atoms with Gasteiger partial charge in [0.15, 0.2) is 5.82 Å². The van der Waals surface area contributed by atoms with Gasteiger partial charge < -0.3 is 14.2 Å². The molecular weight excluding hydrogens is 444 g/mol. The van der Waals surface area contributed by atoms with Gasteiger partial charge in [0.1, 0.15) is 23.6 Å². The van der Waals surface area contributed by atoms with E-state index in [9.17, 15) is 22.4 Å². The lowest BCUT2D eigenvalue weighted by molar-refractivity contribution is -0.140. The third-order valence-corrected chi connectivity index (χ3v) is 5.12. The maximum Gasteiger partial charge on any atom is 0.419 e. The van der Waals surface area contributed by atoms with Gasteiger partial charge in [-0.05, 0) is 35.9 Å². The Labute approximate surface area is 186 Å². The van der Waals surface area contributed by atoms with Crippen molar-refractivity contribution in [1.29, 1.82) is 0 Å². The van der Waals surface area contributed by atoms with Crippen molar-refractivity contribution < 1.29 is 31.6 Å². The van der Waals surface area contributed by atoms with Crippen LogP contribution in [-0.4, -0.2) is 47.2 Å². The number of urea groups is 1. The zero-order valence-electron chi connectivity index (χ0n) is 17.3. The third kappa shape index (κ3) is 5.80. The van der Waals surface area contributed by atoms with Crippen LogP contribution in [0.5, 0.6) is 11.5 Å². The molecule has 0 radical (unpaired) electrons. The number of nitrogens with one attached hydrogen (secondary N) is 1. The zero-order valence-corrected chi connectivity index (χ0v) is 17.3. The van der Waals surface area contributed by atoms with E-state index in [1.807, 2.05) is 6.07 Å². The summed E-state index contributed by atoms with van der Waals surface area (Å²) in [4.78, 5) is 16.1. The summed E-state index contributed by atoms with van der Waals surface area (Å²) in [6.07, 6.45) is -3.43. The quantitative estimate of drug-likeness (QED) is 0.540. The second kappa shape index (κ2) is 9.49. The number of halogens is 4. The maximum atomic E-state index is 13.5. The largest absolute Gasteiger partial charge is 0.457 e. The van der Waals surface area contributed by atoms with Gasteiger partial charge >= 0.3 is 12.2 Å². The van der Waals surface area contributed by atoms with Crippen molar-refractivity contribution in [2.24, 2.45) is 0 Å². The van der Waals surface area contributed by atoms with E-state index in [4.69, 9.17) is 9.26 Å². The van der Waals surface area contributed by atoms with Crippen LogP contribution in [0.25, 0.3) is 0 Å². The van der Waals surface area contributed by atoms with Gasteiger partial charge in [-0.15, -0.1) is 0 Å². The van der Waals surface area contributed by atoms with E-state index < -0.39 is 17.6 Å². The molecule has 0 aliphatic carbocycles. The van der Waals surface area contributed by atoms with Crippen molar-refractivity contribution in [3.63, 3.8) is 0 Å². The Balaban J connectivity index is 1.33. The summed E-state index contributed by atoms with van der Waals surface area (Å²) in [5, 5.41) is 6.31. The van der Waals surface area contributed by atoms with Gasteiger partial charge in [-0.1, -0.05) is 17.3 Å². The number of amides is 2. The zero-order chi connectivity index (χ0) is 23.4. The number of benzene rings is 2. The Hall–Kier alpha value is -3.60. The fourth-order valence-corrected chi connectivity index (χ4v) is 3.46. The van der Waals surface area contributed by atoms with Crippen LogP contribution in [-0.2, 0) is 12.7 Å². The van der Waals surface area contributed by atoms with Crippen molar-refractivity contribution in [2.75, 3.05) is 31.5 Å². The normalized spacial score (nSPS) is 14.8. The summed E-state index contributed by atoms with van der Waals surface area (Å²) in [6, 6.07) is 10.8. The third-order valence-electron chi connectivity index (χ3n) is 5.12. The number of anilines is 1. The van der Waals surface area contributed by atoms with Crippen LogP contribution in [0.2, 0.25) is 0 Å². The highest BCUT2D eigenvalue weighted by Gasteiger charge is 2.34. The summed E-state index contributed by atoms with van der Waals surface area (Å²) in [6.45, 7) is 2.91. The minimum atomic E-state index is -4.81. The average molecular weight is 464 g/mol. The van der Waals surface area contributed by atoms with E-state index in [1.54, 1.807) is 29.2 Å². The SMILES string of the molecule is O=C(Nc1ccon1)N1CCN(Cc2cccc(Oc3ccc(F)c(C(F)(F)F)c3)c2)CC1. The Bertz CT molecular complexity index is 1100. The molecule has 2 amide bonds. The lowest BCUT2D eigenvalue weighted by Crippen LogP contribution is -2.49. The molecule has 0 bridgehead atoms. The fraction of sp³-hybridized carbons (Fsp3) is 0.273. The molecule has 2 aromatic carbocycles. The summed E-state index contributed by atoms with van der Waals surface area (Å²) < 4.78 is 62.5. The van der Waals surface area contributed by atoms with Gasteiger partial charge in [-0.3, -0.25) is 10.2 Å². The van der Waals surface area contributed by atoms with Crippen LogP contribution in [0.15, 0.2) is 59.3 Å². The van der Waals surface area contributed by atoms with Crippen molar-refractivity contribution in [3.05, 3.63) is 71.7 Å². The molecule has 1 aromatic heterocycles. The fourth-order valence-electron chi connectivity index (χ4n) is 3.46. The molecular formula is C22H20F4N4O3. The number of ether oxygens (including phenoxy) is 1. The van der Waals surface area contributed by atoms with Gasteiger partial charge in [-0.2, -0.15) is 13.2 Å². The van der Waals surface area contributed by atoms with Crippen LogP contribution >= 0.6 is 0 Å². The smallest absolute Gasteiger partial charge is 0.419 e. The van der Waals surface area contributed by atoms with Crippen LogP contribution in [0.4, 0.5) is 28.2 Å². The molecule has 11 heteroatoms. The molecule has 33 heavy (non-hydrogen) atoms. The molecule has 1 saturated heterocycles. The van der Waals surface area contributed by atoms with E-state index in [-0.39, 0.29) is 11.8 Å². The molecule has 3 aromatic rings. The monoisotopic (exact) mass is 464 g/mol. The van der Waals surface area contributed by atoms with E-state index >= 15 is 0 Å². The predicted molar refractivity (Wildman–Crippen MR) is 110 cm³/mol. The molecule has 1 aliphatic rings. The molecule has 174 valence electrons. The summed E-state index contributed by atoms with van der Waals surface area (Å²) in [7, 11) is 0. The first-order chi connectivity index (χ1) is 15.8. The lowest BCUT2D eigenvalue weighted by atomic mass is 10.1. The summed E-state index contributed by atoms with van der Waals surface area (Å²) in [5.41, 5.74) is -0.479. The number of alkyl halides is 3. The number of nitrogens with zero attached hydrogens (tertiary/aromatic N) is 3. The first-order valence-corrected chi connectivity index (χ1v) is 10.1. The van der Waals surface area contributed by atoms with Gasteiger partial charge in [-0.25, -0.2) is 9.18 Å². The standard InChI is InChI=1S/C22H20F4N4O3/c23-19-5-4-17(13-18(19)22(24,25)26)33-16-3-1-2-15(12-16)14-29-7-9-30(10-8-29)21(31)27-20-6-11-32-28-20/h1-6,11-13H,7-10,14H2,(H,27,28,31). The number of rotatable bonds is 5. The van der Waals surface area contributed by atoms with Crippen LogP contribution < -0.4 is 10.1 Å². The summed E-state index contributed by atoms with van der Waals surface area (Å²) >= 11 is 0. The number of hydrogen-bond donors (Lipinski definition) is 1. The van der Waals surface area contributed by atoms with Gasteiger partial charge in [0.2, 0.25) is 0 Å². The highest BCUT2D eigenvalue weighted by Crippen LogP contribution is 2.35. The molecule has 7 nitrogen and oxygen atoms in total. The molecule has 0 spiro atoms. The molecule has 4 rings (SSSR count). The van der Waals surface area contributed by atoms with Gasteiger partial charge in [0, 0.05) is 38.8 Å². The first kappa shape index (κ1) is 22.6. The number of piperazine rings is 1. The van der Waals surface area contributed by atoms with Crippen molar-refractivity contribution in [1.82, 2.24) is 15.0 Å². The Morgan fingerprint density at radius 1 is 1.06 bits per heavy atom. The predicted octanol–water partition coefficient (Wildman–Crippen LogP) is 4.97. The van der Waals surface area contributed by atoms with Crippen LogP contribution in [0.3, 0.4) is 0 Å². The van der Waals surface area contributed by atoms with E-state index in [0.29, 0.717) is 50.4 Å². The maximum absolute atomic E-state index is 13.5. The Morgan fingerprint density at radius 3 is 2.52 bits per heavy atom. The topological polar surface area (TPSA) is 70.8 Å². The highest BCUT2D eigenvalue weighted by molar-refractivity contribution is 5.88. The number of hydrogen-bond acceptors (Lipinski definition) is 5. The van der Waals surface area contributed by atoms with Crippen molar-refractivity contribution in [3.8, 4) is 11.5 Å². The molecule has 2 heterocycles. The Morgan fingerprint density at radius 2 is 1.82 bits per heavy atom. The van der Waals surface area contributed by atoms with Crippen molar-refractivity contribution in [2.45, 2.75) is 12.7 Å².